The highest BCUT2D eigenvalue weighted by Gasteiger charge is 2.25. The summed E-state index contributed by atoms with van der Waals surface area (Å²) in [5.41, 5.74) is 12.0. The number of carbonyl (C=O) groups excluding carboxylic acids is 5. The first-order valence-corrected chi connectivity index (χ1v) is 30.3. The molecule has 14 nitrogen and oxygen atoms in total. The maximum Gasteiger partial charge on any atom is 0.331 e. The summed E-state index contributed by atoms with van der Waals surface area (Å²) in [5.74, 6) is 0.469. The monoisotopic (exact) mass is 1150 g/mol. The first-order valence-electron chi connectivity index (χ1n) is 30.3. The SMILES string of the molecule is C=CC(=O)OCCCc1cc2c(OCCCC)c(c1)Cc1cc(CCCOC(=O)C=C)cc(c1OCCCC)Cc1cc(CCCOC(=O)/C=C\C(=O)OC)cc(c1OCCCC)Cc1cc(CCCOC(=O)C=C)cc(c1OCCCC)C2. The van der Waals surface area contributed by atoms with Gasteiger partial charge in [0.05, 0.1) is 60.0 Å². The van der Waals surface area contributed by atoms with Crippen molar-refractivity contribution >= 4 is 29.8 Å². The summed E-state index contributed by atoms with van der Waals surface area (Å²) in [4.78, 5) is 61.0. The van der Waals surface area contributed by atoms with E-state index in [1.165, 1.54) is 25.3 Å². The molecule has 0 N–H and O–H groups in total. The van der Waals surface area contributed by atoms with Crippen molar-refractivity contribution < 1.29 is 66.6 Å². The Kier molecular flexibility index (Phi) is 30.0. The fourth-order valence-electron chi connectivity index (χ4n) is 10.00. The lowest BCUT2D eigenvalue weighted by Gasteiger charge is -2.25. The van der Waals surface area contributed by atoms with Crippen LogP contribution in [-0.4, -0.2) is 89.8 Å². The van der Waals surface area contributed by atoms with Gasteiger partial charge in [0.2, 0.25) is 0 Å². The molecule has 0 amide bonds. The predicted octanol–water partition coefficient (Wildman–Crippen LogP) is 13.3. The van der Waals surface area contributed by atoms with Gasteiger partial charge >= 0.3 is 29.8 Å². The van der Waals surface area contributed by atoms with Crippen molar-refractivity contribution in [3.63, 3.8) is 0 Å². The van der Waals surface area contributed by atoms with E-state index in [0.29, 0.717) is 103 Å². The third-order valence-corrected chi connectivity index (χ3v) is 14.2. The van der Waals surface area contributed by atoms with Gasteiger partial charge < -0.3 is 42.6 Å². The molecule has 14 heteroatoms. The number of carbonyl (C=O) groups is 5. The summed E-state index contributed by atoms with van der Waals surface area (Å²) in [6, 6.07) is 17.8. The molecule has 0 fully saturated rings. The van der Waals surface area contributed by atoms with Gasteiger partial charge in [0.25, 0.3) is 0 Å². The van der Waals surface area contributed by atoms with E-state index < -0.39 is 29.8 Å². The van der Waals surface area contributed by atoms with Crippen LogP contribution in [0.3, 0.4) is 0 Å². The molecule has 0 radical (unpaired) electrons. The molecule has 1 aliphatic rings. The van der Waals surface area contributed by atoms with Crippen LogP contribution in [0, 0.1) is 0 Å². The molecule has 454 valence electrons. The van der Waals surface area contributed by atoms with Crippen molar-refractivity contribution in [2.45, 2.75) is 156 Å². The Morgan fingerprint density at radius 1 is 0.345 bits per heavy atom. The Morgan fingerprint density at radius 2 is 0.571 bits per heavy atom. The minimum Gasteiger partial charge on any atom is -0.493 e. The molecule has 4 aromatic rings. The third-order valence-electron chi connectivity index (χ3n) is 14.2. The van der Waals surface area contributed by atoms with Crippen molar-refractivity contribution in [3.05, 3.63) is 165 Å². The molecule has 0 spiro atoms. The van der Waals surface area contributed by atoms with Gasteiger partial charge in [-0.05, 0) is 144 Å². The molecule has 0 unspecified atom stereocenters. The van der Waals surface area contributed by atoms with Gasteiger partial charge in [-0.2, -0.15) is 0 Å². The van der Waals surface area contributed by atoms with Gasteiger partial charge in [0.1, 0.15) is 23.0 Å². The highest BCUT2D eigenvalue weighted by atomic mass is 16.5. The van der Waals surface area contributed by atoms with E-state index in [9.17, 15) is 24.0 Å². The molecule has 1 aliphatic carbocycles. The van der Waals surface area contributed by atoms with Crippen LogP contribution < -0.4 is 18.9 Å². The largest absolute Gasteiger partial charge is 0.493 e. The zero-order valence-corrected chi connectivity index (χ0v) is 50.6. The molecule has 4 aromatic carbocycles. The van der Waals surface area contributed by atoms with Crippen LogP contribution in [0.2, 0.25) is 0 Å². The molecule has 84 heavy (non-hydrogen) atoms. The second kappa shape index (κ2) is 37.6. The minimum atomic E-state index is -0.650. The van der Waals surface area contributed by atoms with Crippen molar-refractivity contribution in [1.29, 1.82) is 0 Å². The summed E-state index contributed by atoms with van der Waals surface area (Å²) in [5, 5.41) is 0. The van der Waals surface area contributed by atoms with E-state index in [1.807, 2.05) is 0 Å². The summed E-state index contributed by atoms with van der Waals surface area (Å²) in [7, 11) is 1.24. The number of ether oxygens (including phenoxy) is 9. The van der Waals surface area contributed by atoms with Crippen molar-refractivity contribution in [2.24, 2.45) is 0 Å². The fraction of sp³-hybridized carbons (Fsp3) is 0.471. The highest BCUT2D eigenvalue weighted by Crippen LogP contribution is 2.42. The minimum absolute atomic E-state index is 0.115. The molecule has 5 rings (SSSR count). The van der Waals surface area contributed by atoms with E-state index in [4.69, 9.17) is 37.9 Å². The lowest BCUT2D eigenvalue weighted by Crippen LogP contribution is -2.12. The van der Waals surface area contributed by atoms with Crippen molar-refractivity contribution in [2.75, 3.05) is 60.0 Å². The van der Waals surface area contributed by atoms with Gasteiger partial charge in [0, 0.05) is 56.1 Å². The smallest absolute Gasteiger partial charge is 0.331 e. The molecule has 0 saturated carbocycles. The van der Waals surface area contributed by atoms with Crippen LogP contribution in [0.25, 0.3) is 0 Å². The molecular weight excluding hydrogens is 1060 g/mol. The maximum absolute atomic E-state index is 12.6. The Labute approximate surface area is 498 Å². The van der Waals surface area contributed by atoms with Crippen molar-refractivity contribution in [1.82, 2.24) is 0 Å². The van der Waals surface area contributed by atoms with Crippen molar-refractivity contribution in [3.8, 4) is 23.0 Å². The standard InChI is InChI=1S/C70H90O14/c1-9-16-30-81-67-54-38-50(24-20-34-77-62(71)13-5)39-55(67)47-57-41-52(26-22-36-79-64(73)15-7)43-59(69(57)83-32-18-11-3)49-61-45-53(27-23-37-80-66(75)29-28-65(74)76-8)44-60(70(61)84-33-19-12-4)48-58-42-51(25-21-35-78-63(72)14-6)40-56(46-54)68(58)82-31-17-10-2/h13-15,28-29,38-45H,5-7,9-12,16-27,30-37,46-49H2,1-4,8H3/b29-28-. The second-order valence-electron chi connectivity index (χ2n) is 21.0. The maximum atomic E-state index is 12.6. The number of methoxy groups -OCH3 is 1. The van der Waals surface area contributed by atoms with E-state index in [0.717, 1.165) is 153 Å². The topological polar surface area (TPSA) is 168 Å². The number of fused-ring (bicyclic) bond motifs is 8. The summed E-state index contributed by atoms with van der Waals surface area (Å²) in [6.07, 6.45) is 19.2. The number of rotatable bonds is 37. The van der Waals surface area contributed by atoms with Crippen LogP contribution in [-0.2, 0) is 99.0 Å². The van der Waals surface area contributed by atoms with Gasteiger partial charge in [-0.1, -0.05) is 122 Å². The second-order valence-corrected chi connectivity index (χ2v) is 21.0. The third kappa shape index (κ3) is 22.5. The van der Waals surface area contributed by atoms with Crippen LogP contribution in [0.1, 0.15) is 172 Å². The highest BCUT2D eigenvalue weighted by molar-refractivity contribution is 5.91. The average Bonchev–Trinajstić information content (AvgIpc) is 3.46. The molecule has 8 bridgehead atoms. The molecule has 0 atom stereocenters. The molecule has 0 saturated heterocycles. The van der Waals surface area contributed by atoms with Gasteiger partial charge in [-0.3, -0.25) is 0 Å². The quantitative estimate of drug-likeness (QED) is 0.0159. The van der Waals surface area contributed by atoms with Gasteiger partial charge in [-0.25, -0.2) is 24.0 Å². The van der Waals surface area contributed by atoms with Crippen LogP contribution in [0.5, 0.6) is 23.0 Å². The van der Waals surface area contributed by atoms with Crippen LogP contribution in [0.15, 0.2) is 98.6 Å². The molecule has 0 aliphatic heterocycles. The summed E-state index contributed by atoms with van der Waals surface area (Å²) in [6.45, 7) is 22.1. The van der Waals surface area contributed by atoms with Gasteiger partial charge in [-0.15, -0.1) is 0 Å². The number of unbranched alkanes of at least 4 members (excludes halogenated alkanes) is 4. The Bertz CT molecular complexity index is 2720. The molecule has 0 heterocycles. The number of benzene rings is 4. The Morgan fingerprint density at radius 3 is 0.786 bits per heavy atom. The van der Waals surface area contributed by atoms with E-state index in [-0.39, 0.29) is 26.4 Å². The lowest BCUT2D eigenvalue weighted by molar-refractivity contribution is -0.139. The lowest BCUT2D eigenvalue weighted by atomic mass is 9.87. The number of hydrogen-bond acceptors (Lipinski definition) is 14. The summed E-state index contributed by atoms with van der Waals surface area (Å²) >= 11 is 0. The number of esters is 5. The number of hydrogen-bond donors (Lipinski definition) is 0. The fourth-order valence-corrected chi connectivity index (χ4v) is 10.00. The normalized spacial score (nSPS) is 11.7. The predicted molar refractivity (Wildman–Crippen MR) is 327 cm³/mol. The first kappa shape index (κ1) is 67.2. The number of aryl methyl sites for hydroxylation is 4. The zero-order valence-electron chi connectivity index (χ0n) is 50.6. The van der Waals surface area contributed by atoms with Gasteiger partial charge in [0.15, 0.2) is 0 Å². The van der Waals surface area contributed by atoms with E-state index in [1.54, 1.807) is 0 Å². The summed E-state index contributed by atoms with van der Waals surface area (Å²) < 4.78 is 54.8. The van der Waals surface area contributed by atoms with E-state index in [2.05, 4.69) is 101 Å². The zero-order chi connectivity index (χ0) is 60.5. The molecule has 0 aromatic heterocycles. The van der Waals surface area contributed by atoms with E-state index >= 15 is 0 Å². The van der Waals surface area contributed by atoms with Crippen LogP contribution >= 0.6 is 0 Å². The first-order chi connectivity index (χ1) is 40.9. The Hall–Kier alpha value is -7.61. The average molecular weight is 1160 g/mol. The van der Waals surface area contributed by atoms with Crippen LogP contribution in [0.4, 0.5) is 0 Å². The Balaban J connectivity index is 1.88. The molecular formula is C70H90O14.